The van der Waals surface area contributed by atoms with Crippen molar-refractivity contribution in [2.24, 2.45) is 12.5 Å². The van der Waals surface area contributed by atoms with Gasteiger partial charge in [-0.25, -0.2) is 0 Å². The number of furan rings is 1. The Bertz CT molecular complexity index is 824. The topological polar surface area (TPSA) is 71.6 Å². The molecule has 1 unspecified atom stereocenters. The minimum absolute atomic E-state index is 0.0436. The number of amides is 2. The van der Waals surface area contributed by atoms with E-state index in [0.29, 0.717) is 31.0 Å². The van der Waals surface area contributed by atoms with Crippen molar-refractivity contribution in [1.82, 2.24) is 14.7 Å². The van der Waals surface area contributed by atoms with Crippen LogP contribution in [0.2, 0.25) is 0 Å². The highest BCUT2D eigenvalue weighted by atomic mass is 16.3. The summed E-state index contributed by atoms with van der Waals surface area (Å²) in [5.74, 6) is 0.694. The third-order valence-electron chi connectivity index (χ3n) is 5.47. The highest BCUT2D eigenvalue weighted by Crippen LogP contribution is 2.42. The van der Waals surface area contributed by atoms with Crippen LogP contribution in [0.25, 0.3) is 0 Å². The summed E-state index contributed by atoms with van der Waals surface area (Å²) in [5, 5.41) is 4.16. The van der Waals surface area contributed by atoms with Gasteiger partial charge in [-0.2, -0.15) is 5.10 Å². The second-order valence-corrected chi connectivity index (χ2v) is 7.08. The number of nitrogens with zero attached hydrogens (tertiary/aromatic N) is 4. The summed E-state index contributed by atoms with van der Waals surface area (Å²) in [7, 11) is 1.84. The van der Waals surface area contributed by atoms with Crippen molar-refractivity contribution in [3.05, 3.63) is 36.0 Å². The second kappa shape index (κ2) is 5.75. The molecular formula is C18H22N4O3. The fourth-order valence-electron chi connectivity index (χ4n) is 4.08. The van der Waals surface area contributed by atoms with Gasteiger partial charge in [-0.15, -0.1) is 0 Å². The van der Waals surface area contributed by atoms with Gasteiger partial charge in [0.1, 0.15) is 5.76 Å². The number of hydrogen-bond donors (Lipinski definition) is 0. The van der Waals surface area contributed by atoms with Gasteiger partial charge in [0.2, 0.25) is 5.91 Å². The SMILES string of the molecule is Cc1occc1C(=O)N1CCCC2(CCN(c3cnn(C)c3)C2=O)C1. The van der Waals surface area contributed by atoms with Crippen LogP contribution >= 0.6 is 0 Å². The molecule has 2 aromatic heterocycles. The highest BCUT2D eigenvalue weighted by Gasteiger charge is 2.50. The zero-order valence-electron chi connectivity index (χ0n) is 14.6. The van der Waals surface area contributed by atoms with Crippen LogP contribution in [0.15, 0.2) is 29.1 Å². The predicted molar refractivity (Wildman–Crippen MR) is 91.2 cm³/mol. The fourth-order valence-corrected chi connectivity index (χ4v) is 4.08. The van der Waals surface area contributed by atoms with Crippen molar-refractivity contribution in [3.8, 4) is 0 Å². The fraction of sp³-hybridized carbons (Fsp3) is 0.500. The van der Waals surface area contributed by atoms with Crippen molar-refractivity contribution in [3.63, 3.8) is 0 Å². The summed E-state index contributed by atoms with van der Waals surface area (Å²) < 4.78 is 6.96. The zero-order chi connectivity index (χ0) is 17.6. The molecule has 2 aliphatic heterocycles. The Morgan fingerprint density at radius 2 is 2.16 bits per heavy atom. The first kappa shape index (κ1) is 15.9. The molecule has 0 N–H and O–H groups in total. The van der Waals surface area contributed by atoms with E-state index in [-0.39, 0.29) is 11.8 Å². The number of aromatic nitrogens is 2. The molecule has 25 heavy (non-hydrogen) atoms. The molecule has 0 bridgehead atoms. The lowest BCUT2D eigenvalue weighted by atomic mass is 9.78. The van der Waals surface area contributed by atoms with E-state index >= 15 is 0 Å². The maximum absolute atomic E-state index is 13.1. The van der Waals surface area contributed by atoms with Crippen LogP contribution in [-0.2, 0) is 11.8 Å². The Labute approximate surface area is 146 Å². The third-order valence-corrected chi connectivity index (χ3v) is 5.47. The van der Waals surface area contributed by atoms with Gasteiger partial charge in [0.25, 0.3) is 5.91 Å². The minimum atomic E-state index is -0.471. The average molecular weight is 342 g/mol. The van der Waals surface area contributed by atoms with E-state index in [9.17, 15) is 9.59 Å². The van der Waals surface area contributed by atoms with Gasteiger partial charge in [0.05, 0.1) is 29.1 Å². The second-order valence-electron chi connectivity index (χ2n) is 7.08. The number of hydrogen-bond acceptors (Lipinski definition) is 4. The predicted octanol–water partition coefficient (Wildman–Crippen LogP) is 1.98. The number of piperidine rings is 1. The van der Waals surface area contributed by atoms with E-state index in [1.54, 1.807) is 23.9 Å². The highest BCUT2D eigenvalue weighted by molar-refractivity contribution is 6.01. The van der Waals surface area contributed by atoms with Gasteiger partial charge in [0, 0.05) is 32.9 Å². The largest absolute Gasteiger partial charge is 0.469 e. The summed E-state index contributed by atoms with van der Waals surface area (Å²) in [4.78, 5) is 29.6. The van der Waals surface area contributed by atoms with Crippen molar-refractivity contribution in [1.29, 1.82) is 0 Å². The van der Waals surface area contributed by atoms with Crippen molar-refractivity contribution < 1.29 is 14.0 Å². The monoisotopic (exact) mass is 342 g/mol. The van der Waals surface area contributed by atoms with Gasteiger partial charge in [-0.1, -0.05) is 0 Å². The molecule has 2 fully saturated rings. The normalized spacial score (nSPS) is 23.7. The molecule has 0 aromatic carbocycles. The minimum Gasteiger partial charge on any atom is -0.469 e. The van der Waals surface area contributed by atoms with Crippen molar-refractivity contribution in [2.75, 3.05) is 24.5 Å². The smallest absolute Gasteiger partial charge is 0.257 e. The van der Waals surface area contributed by atoms with Crippen molar-refractivity contribution >= 4 is 17.5 Å². The molecule has 2 aromatic rings. The van der Waals surface area contributed by atoms with Crippen LogP contribution < -0.4 is 4.90 Å². The third kappa shape index (κ3) is 2.54. The number of aryl methyl sites for hydroxylation is 2. The Hall–Kier alpha value is -2.57. The lowest BCUT2D eigenvalue weighted by Gasteiger charge is -2.38. The number of likely N-dealkylation sites (tertiary alicyclic amines) is 1. The van der Waals surface area contributed by atoms with Gasteiger partial charge in [-0.3, -0.25) is 14.3 Å². The van der Waals surface area contributed by atoms with Crippen LogP contribution in [0.4, 0.5) is 5.69 Å². The van der Waals surface area contributed by atoms with Gasteiger partial charge >= 0.3 is 0 Å². The standard InChI is InChI=1S/C18H22N4O3/c1-13-15(4-9-25-13)16(23)21-7-3-5-18(12-21)6-8-22(17(18)24)14-10-19-20(2)11-14/h4,9-11H,3,5-8,12H2,1-2H3. The molecule has 0 saturated carbocycles. The Morgan fingerprint density at radius 3 is 2.84 bits per heavy atom. The zero-order valence-corrected chi connectivity index (χ0v) is 14.6. The maximum Gasteiger partial charge on any atom is 0.257 e. The molecule has 2 aliphatic rings. The van der Waals surface area contributed by atoms with E-state index < -0.39 is 5.41 Å². The quantitative estimate of drug-likeness (QED) is 0.837. The van der Waals surface area contributed by atoms with E-state index in [1.807, 2.05) is 23.0 Å². The summed E-state index contributed by atoms with van der Waals surface area (Å²) in [6, 6.07) is 1.71. The maximum atomic E-state index is 13.1. The van der Waals surface area contributed by atoms with Crippen LogP contribution in [0.1, 0.15) is 35.4 Å². The van der Waals surface area contributed by atoms with E-state index in [2.05, 4.69) is 5.10 Å². The van der Waals surface area contributed by atoms with Gasteiger partial charge in [0.15, 0.2) is 0 Å². The average Bonchev–Trinajstić information content (AvgIpc) is 3.29. The summed E-state index contributed by atoms with van der Waals surface area (Å²) in [5.41, 5.74) is 0.951. The first-order chi connectivity index (χ1) is 12.0. The molecule has 2 amide bonds. The Morgan fingerprint density at radius 1 is 1.32 bits per heavy atom. The molecule has 4 heterocycles. The number of carbonyl (C=O) groups is 2. The molecule has 1 spiro atoms. The Balaban J connectivity index is 1.55. The molecule has 0 aliphatic carbocycles. The summed E-state index contributed by atoms with van der Waals surface area (Å²) >= 11 is 0. The molecule has 0 radical (unpaired) electrons. The number of rotatable bonds is 2. The first-order valence-corrected chi connectivity index (χ1v) is 8.64. The van der Waals surface area contributed by atoms with E-state index in [1.165, 1.54) is 6.26 Å². The van der Waals surface area contributed by atoms with Crippen molar-refractivity contribution in [2.45, 2.75) is 26.2 Å². The van der Waals surface area contributed by atoms with Gasteiger partial charge < -0.3 is 14.2 Å². The van der Waals surface area contributed by atoms with Crippen LogP contribution in [0, 0.1) is 12.3 Å². The summed E-state index contributed by atoms with van der Waals surface area (Å²) in [6.07, 6.45) is 7.56. The lowest BCUT2D eigenvalue weighted by molar-refractivity contribution is -0.127. The molecule has 1 atom stereocenters. The molecular weight excluding hydrogens is 320 g/mol. The van der Waals surface area contributed by atoms with E-state index in [4.69, 9.17) is 4.42 Å². The molecule has 4 rings (SSSR count). The number of anilines is 1. The molecule has 2 saturated heterocycles. The van der Waals surface area contributed by atoms with Gasteiger partial charge in [-0.05, 0) is 32.3 Å². The Kier molecular flexibility index (Phi) is 3.67. The van der Waals surface area contributed by atoms with Crippen LogP contribution in [0.3, 0.4) is 0 Å². The molecule has 7 nitrogen and oxygen atoms in total. The summed E-state index contributed by atoms with van der Waals surface area (Å²) in [6.45, 7) is 3.63. The molecule has 7 heteroatoms. The lowest BCUT2D eigenvalue weighted by Crippen LogP contribution is -2.50. The van der Waals surface area contributed by atoms with Crippen LogP contribution in [-0.4, -0.2) is 46.1 Å². The first-order valence-electron chi connectivity index (χ1n) is 8.64. The van der Waals surface area contributed by atoms with E-state index in [0.717, 1.165) is 24.9 Å². The number of carbonyl (C=O) groups excluding carboxylic acids is 2. The van der Waals surface area contributed by atoms with Crippen LogP contribution in [0.5, 0.6) is 0 Å². The molecule has 132 valence electrons.